The van der Waals surface area contributed by atoms with Crippen LogP contribution in [0.15, 0.2) is 24.3 Å². The molecule has 0 saturated carbocycles. The smallest absolute Gasteiger partial charge is 0.257 e. The summed E-state index contributed by atoms with van der Waals surface area (Å²) in [6.07, 6.45) is 0. The lowest BCUT2D eigenvalue weighted by molar-refractivity contribution is 0.100. The zero-order valence-corrected chi connectivity index (χ0v) is 13.1. The molecule has 0 aliphatic carbocycles. The molecule has 1 atom stereocenters. The van der Waals surface area contributed by atoms with Gasteiger partial charge in [-0.3, -0.25) is 4.79 Å². The van der Waals surface area contributed by atoms with Gasteiger partial charge < -0.3 is 0 Å². The minimum atomic E-state index is -3.66. The lowest BCUT2D eigenvalue weighted by Crippen LogP contribution is -2.36. The van der Waals surface area contributed by atoms with E-state index in [1.807, 2.05) is 13.0 Å². The zero-order chi connectivity index (χ0) is 13.3. The molecule has 0 aliphatic heterocycles. The Labute approximate surface area is 120 Å². The molecule has 6 heteroatoms. The van der Waals surface area contributed by atoms with Crippen LogP contribution in [-0.2, 0) is 9.84 Å². The molecule has 0 heterocycles. The number of Topliss-reactive ketones (excluding diaryl/α,β-unsaturated/α-hetero) is 1. The van der Waals surface area contributed by atoms with E-state index in [1.54, 1.807) is 18.2 Å². The van der Waals surface area contributed by atoms with Gasteiger partial charge >= 0.3 is 0 Å². The Bertz CT molecular complexity index is 537. The van der Waals surface area contributed by atoms with E-state index < -0.39 is 17.8 Å². The number of sulfone groups is 1. The maximum Gasteiger partial charge on any atom is 0.257 e. The van der Waals surface area contributed by atoms with Gasteiger partial charge in [0, 0.05) is 5.56 Å². The average Bonchev–Trinajstić information content (AvgIpc) is 2.27. The molecule has 0 N–H and O–H groups in total. The number of benzene rings is 1. The van der Waals surface area contributed by atoms with Gasteiger partial charge in [0.05, 0.1) is 5.75 Å². The van der Waals surface area contributed by atoms with Crippen molar-refractivity contribution in [2.45, 2.75) is 16.1 Å². The maximum atomic E-state index is 12.1. The summed E-state index contributed by atoms with van der Waals surface area (Å²) in [5.41, 5.74) is 1.19. The number of halogens is 2. The lowest BCUT2D eigenvalue weighted by atomic mass is 10.1. The highest BCUT2D eigenvalue weighted by atomic mass is 127. The van der Waals surface area contributed by atoms with Crippen LogP contribution in [0, 0.1) is 6.92 Å². The summed E-state index contributed by atoms with van der Waals surface area (Å²) in [7, 11) is -3.66. The second-order valence-corrected chi connectivity index (χ2v) is 9.82. The normalized spacial score (nSPS) is 15.3. The van der Waals surface area contributed by atoms with Gasteiger partial charge in [0.2, 0.25) is 5.78 Å². The largest absolute Gasteiger partial charge is 0.290 e. The first-order chi connectivity index (χ1) is 7.72. The summed E-state index contributed by atoms with van der Waals surface area (Å²) >= 11 is 7.40. The predicted octanol–water partition coefficient (Wildman–Crippen LogP) is 2.94. The molecule has 0 aliphatic rings. The van der Waals surface area contributed by atoms with E-state index in [0.29, 0.717) is 5.56 Å². The number of hydrogen-bond acceptors (Lipinski definition) is 3. The molecule has 3 nitrogen and oxygen atoms in total. The number of ketones is 1. The highest BCUT2D eigenvalue weighted by Gasteiger charge is 2.45. The first kappa shape index (κ1) is 14.9. The summed E-state index contributed by atoms with van der Waals surface area (Å²) in [6.45, 7) is 3.29. The molecular formula is C11H12ClIO3S. The topological polar surface area (TPSA) is 51.2 Å². The summed E-state index contributed by atoms with van der Waals surface area (Å²) in [5, 5.41) is 0. The van der Waals surface area contributed by atoms with E-state index >= 15 is 0 Å². The molecule has 1 unspecified atom stereocenters. The van der Waals surface area contributed by atoms with Crippen LogP contribution in [0.2, 0.25) is 0 Å². The van der Waals surface area contributed by atoms with Crippen LogP contribution in [0.1, 0.15) is 22.8 Å². The van der Waals surface area contributed by atoms with Crippen molar-refractivity contribution >= 4 is 49.8 Å². The van der Waals surface area contributed by atoms with Gasteiger partial charge in [0.25, 0.3) is 2.21 Å². The summed E-state index contributed by atoms with van der Waals surface area (Å²) in [6, 6.07) is 6.72. The Hall–Kier alpha value is -0.140. The van der Waals surface area contributed by atoms with Gasteiger partial charge in [0.15, 0.2) is 9.84 Å². The fraction of sp³-hybridized carbons (Fsp3) is 0.364. The predicted molar refractivity (Wildman–Crippen MR) is 77.6 cm³/mol. The molecule has 1 aromatic rings. The van der Waals surface area contributed by atoms with Crippen LogP contribution < -0.4 is 0 Å². The Morgan fingerprint density at radius 3 is 2.53 bits per heavy atom. The summed E-state index contributed by atoms with van der Waals surface area (Å²) in [4.78, 5) is 12.1. The van der Waals surface area contributed by atoms with Crippen molar-refractivity contribution in [2.75, 3.05) is 5.75 Å². The van der Waals surface area contributed by atoms with Crippen LogP contribution in [0.25, 0.3) is 0 Å². The van der Waals surface area contributed by atoms with E-state index in [0.717, 1.165) is 5.56 Å². The standard InChI is InChI=1S/C11H12ClIO3S/c1-3-17(15,16)11(12,13)10(14)9-6-4-5-8(2)7-9/h4-7H,3H2,1-2H3. The Kier molecular flexibility index (Phi) is 4.60. The molecule has 94 valence electrons. The van der Waals surface area contributed by atoms with Crippen LogP contribution >= 0.6 is 34.2 Å². The van der Waals surface area contributed by atoms with Gasteiger partial charge in [0.1, 0.15) is 0 Å². The van der Waals surface area contributed by atoms with Crippen molar-refractivity contribution in [3.05, 3.63) is 35.4 Å². The van der Waals surface area contributed by atoms with Crippen molar-refractivity contribution in [1.29, 1.82) is 0 Å². The van der Waals surface area contributed by atoms with Crippen LogP contribution in [-0.4, -0.2) is 22.2 Å². The minimum absolute atomic E-state index is 0.170. The molecule has 0 amide bonds. The molecule has 1 aromatic carbocycles. The van der Waals surface area contributed by atoms with E-state index in [-0.39, 0.29) is 5.75 Å². The molecule has 0 saturated heterocycles. The van der Waals surface area contributed by atoms with Crippen molar-refractivity contribution in [2.24, 2.45) is 0 Å². The molecule has 0 fully saturated rings. The molecular weight excluding hydrogens is 375 g/mol. The number of alkyl halides is 2. The van der Waals surface area contributed by atoms with Crippen LogP contribution in [0.3, 0.4) is 0 Å². The van der Waals surface area contributed by atoms with Crippen molar-refractivity contribution in [3.63, 3.8) is 0 Å². The molecule has 17 heavy (non-hydrogen) atoms. The maximum absolute atomic E-state index is 12.1. The first-order valence-electron chi connectivity index (χ1n) is 4.94. The Balaban J connectivity index is 3.23. The summed E-state index contributed by atoms with van der Waals surface area (Å²) in [5.74, 6) is -0.762. The number of hydrogen-bond donors (Lipinski definition) is 0. The second kappa shape index (κ2) is 5.24. The SMILES string of the molecule is CCS(=O)(=O)C(Cl)(I)C(=O)c1cccc(C)c1. The summed E-state index contributed by atoms with van der Waals surface area (Å²) < 4.78 is 21.6. The van der Waals surface area contributed by atoms with E-state index in [2.05, 4.69) is 0 Å². The average molecular weight is 387 g/mol. The third kappa shape index (κ3) is 3.00. The number of aryl methyl sites for hydroxylation is 1. The molecule has 0 bridgehead atoms. The fourth-order valence-electron chi connectivity index (χ4n) is 1.28. The molecule has 0 aromatic heterocycles. The zero-order valence-electron chi connectivity index (χ0n) is 9.41. The highest BCUT2D eigenvalue weighted by Crippen LogP contribution is 2.35. The van der Waals surface area contributed by atoms with E-state index in [9.17, 15) is 13.2 Å². The van der Waals surface area contributed by atoms with Gasteiger partial charge in [-0.05, 0) is 35.6 Å². The Morgan fingerprint density at radius 2 is 2.06 bits per heavy atom. The van der Waals surface area contributed by atoms with Crippen LogP contribution in [0.4, 0.5) is 0 Å². The molecule has 0 radical (unpaired) electrons. The number of carbonyl (C=O) groups excluding carboxylic acids is 1. The first-order valence-corrected chi connectivity index (χ1v) is 8.05. The van der Waals surface area contributed by atoms with Gasteiger partial charge in [-0.15, -0.1) is 0 Å². The Morgan fingerprint density at radius 1 is 1.47 bits per heavy atom. The molecule has 1 rings (SSSR count). The van der Waals surface area contributed by atoms with E-state index in [4.69, 9.17) is 11.6 Å². The third-order valence-electron chi connectivity index (χ3n) is 2.32. The van der Waals surface area contributed by atoms with Gasteiger partial charge in [-0.1, -0.05) is 42.3 Å². The number of carbonyl (C=O) groups is 1. The number of rotatable bonds is 4. The van der Waals surface area contributed by atoms with Crippen molar-refractivity contribution < 1.29 is 13.2 Å². The monoisotopic (exact) mass is 386 g/mol. The van der Waals surface area contributed by atoms with Crippen LogP contribution in [0.5, 0.6) is 0 Å². The molecule has 0 spiro atoms. The second-order valence-electron chi connectivity index (χ2n) is 3.62. The minimum Gasteiger partial charge on any atom is -0.290 e. The third-order valence-corrected chi connectivity index (χ3v) is 7.42. The van der Waals surface area contributed by atoms with Gasteiger partial charge in [-0.2, -0.15) is 0 Å². The van der Waals surface area contributed by atoms with Gasteiger partial charge in [-0.25, -0.2) is 8.42 Å². The quantitative estimate of drug-likeness (QED) is 0.454. The van der Waals surface area contributed by atoms with Crippen molar-refractivity contribution in [1.82, 2.24) is 0 Å². The lowest BCUT2D eigenvalue weighted by Gasteiger charge is -2.18. The van der Waals surface area contributed by atoms with Crippen molar-refractivity contribution in [3.8, 4) is 0 Å². The van der Waals surface area contributed by atoms with E-state index in [1.165, 1.54) is 29.5 Å². The fourth-order valence-corrected chi connectivity index (χ4v) is 3.72. The highest BCUT2D eigenvalue weighted by molar-refractivity contribution is 14.1.